The molecule has 4 nitrogen and oxygen atoms in total. The van der Waals surface area contributed by atoms with Crippen LogP contribution < -0.4 is 5.73 Å². The molecule has 1 fully saturated rings. The van der Waals surface area contributed by atoms with Gasteiger partial charge in [0.1, 0.15) is 5.67 Å². The molecule has 1 aliphatic heterocycles. The highest BCUT2D eigenvalue weighted by Gasteiger charge is 2.34. The molecule has 0 saturated carbocycles. The number of halogens is 2. The fourth-order valence-corrected chi connectivity index (χ4v) is 2.95. The molecule has 2 N–H and O–H groups in total. The van der Waals surface area contributed by atoms with Crippen molar-refractivity contribution >= 4 is 17.5 Å². The molecule has 0 bridgehead atoms. The van der Waals surface area contributed by atoms with E-state index in [9.17, 15) is 9.18 Å². The van der Waals surface area contributed by atoms with E-state index >= 15 is 0 Å². The molecule has 0 aliphatic carbocycles. The molecule has 0 spiro atoms. The first-order chi connectivity index (χ1) is 12.7. The lowest BCUT2D eigenvalue weighted by atomic mass is 9.93. The Balaban J connectivity index is 0.000000273. The quantitative estimate of drug-likeness (QED) is 0.832. The summed E-state index contributed by atoms with van der Waals surface area (Å²) >= 11 is 6.02. The number of piperidine rings is 1. The van der Waals surface area contributed by atoms with Crippen LogP contribution in [0.2, 0.25) is 5.02 Å². The molecule has 1 amide bonds. The van der Waals surface area contributed by atoms with Crippen molar-refractivity contribution in [2.75, 3.05) is 19.6 Å². The molecule has 1 aromatic carbocycles. The van der Waals surface area contributed by atoms with Crippen LogP contribution in [0.5, 0.6) is 0 Å². The number of nitrogens with zero attached hydrogens (tertiary/aromatic N) is 2. The summed E-state index contributed by atoms with van der Waals surface area (Å²) in [5.41, 5.74) is 7.87. The van der Waals surface area contributed by atoms with Crippen LogP contribution in [0.15, 0.2) is 36.5 Å². The molecule has 0 unspecified atom stereocenters. The summed E-state index contributed by atoms with van der Waals surface area (Å²) in [4.78, 5) is 18.0. The maximum absolute atomic E-state index is 14.0. The zero-order valence-electron chi connectivity index (χ0n) is 16.1. The predicted octanol–water partition coefficient (Wildman–Crippen LogP) is 4.25. The van der Waals surface area contributed by atoms with Gasteiger partial charge in [-0.1, -0.05) is 23.7 Å². The van der Waals surface area contributed by atoms with Crippen molar-refractivity contribution in [3.63, 3.8) is 0 Å². The SMILES string of the molecule is Cc1ccc(C(=O)N2CCC(F)(CN)CC2)cc1Cl.Cc1ccc(C)nc1. The first kappa shape index (κ1) is 21.3. The van der Waals surface area contributed by atoms with Crippen LogP contribution in [-0.2, 0) is 0 Å². The van der Waals surface area contributed by atoms with Gasteiger partial charge in [0.15, 0.2) is 0 Å². The molecule has 0 radical (unpaired) electrons. The van der Waals surface area contributed by atoms with E-state index in [1.165, 1.54) is 5.56 Å². The van der Waals surface area contributed by atoms with Gasteiger partial charge in [0, 0.05) is 55.0 Å². The zero-order chi connectivity index (χ0) is 20.0. The second kappa shape index (κ2) is 9.29. The summed E-state index contributed by atoms with van der Waals surface area (Å²) in [6.07, 6.45) is 2.47. The maximum atomic E-state index is 14.0. The van der Waals surface area contributed by atoms with Crippen molar-refractivity contribution in [1.82, 2.24) is 9.88 Å². The third-order valence-corrected chi connectivity index (χ3v) is 5.20. The number of aryl methyl sites for hydroxylation is 3. The van der Waals surface area contributed by atoms with Crippen molar-refractivity contribution in [2.24, 2.45) is 5.73 Å². The van der Waals surface area contributed by atoms with Crippen LogP contribution in [0.3, 0.4) is 0 Å². The average molecular weight is 392 g/mol. The summed E-state index contributed by atoms with van der Waals surface area (Å²) in [6, 6.07) is 9.31. The molecular weight excluding hydrogens is 365 g/mol. The lowest BCUT2D eigenvalue weighted by Gasteiger charge is -2.35. The van der Waals surface area contributed by atoms with Crippen LogP contribution in [0.1, 0.15) is 40.0 Å². The standard InChI is InChI=1S/C14H18ClFN2O.C7H9N/c1-10-2-3-11(8-12(10)15)13(19)18-6-4-14(16,9-17)5-7-18;1-6-3-4-7(2)8-5-6/h2-3,8H,4-7,9,17H2,1H3;3-5H,1-2H3. The van der Waals surface area contributed by atoms with Crippen molar-refractivity contribution in [1.29, 1.82) is 0 Å². The first-order valence-corrected chi connectivity index (χ1v) is 9.45. The molecule has 1 saturated heterocycles. The van der Waals surface area contributed by atoms with Gasteiger partial charge in [0.2, 0.25) is 0 Å². The van der Waals surface area contributed by atoms with Gasteiger partial charge in [-0.15, -0.1) is 0 Å². The lowest BCUT2D eigenvalue weighted by Crippen LogP contribution is -2.47. The van der Waals surface area contributed by atoms with Crippen LogP contribution in [0.25, 0.3) is 0 Å². The minimum atomic E-state index is -1.32. The van der Waals surface area contributed by atoms with E-state index in [0.717, 1.165) is 11.3 Å². The second-order valence-electron chi connectivity index (χ2n) is 7.09. The average Bonchev–Trinajstić information content (AvgIpc) is 2.67. The Hall–Kier alpha value is -1.98. The zero-order valence-corrected chi connectivity index (χ0v) is 16.9. The number of carbonyl (C=O) groups is 1. The van der Waals surface area contributed by atoms with Gasteiger partial charge in [-0.05, 0) is 50.1 Å². The van der Waals surface area contributed by atoms with E-state index in [0.29, 0.717) is 36.5 Å². The maximum Gasteiger partial charge on any atom is 0.253 e. The molecule has 27 heavy (non-hydrogen) atoms. The molecule has 3 rings (SSSR count). The van der Waals surface area contributed by atoms with Crippen LogP contribution >= 0.6 is 11.6 Å². The summed E-state index contributed by atoms with van der Waals surface area (Å²) in [5.74, 6) is -0.0963. The molecule has 146 valence electrons. The van der Waals surface area contributed by atoms with Crippen LogP contribution in [0, 0.1) is 20.8 Å². The Morgan fingerprint density at radius 2 is 1.89 bits per heavy atom. The van der Waals surface area contributed by atoms with Gasteiger partial charge in [-0.2, -0.15) is 0 Å². The third-order valence-electron chi connectivity index (χ3n) is 4.79. The number of hydrogen-bond donors (Lipinski definition) is 1. The number of benzene rings is 1. The van der Waals surface area contributed by atoms with Gasteiger partial charge in [-0.3, -0.25) is 9.78 Å². The Labute approximate surface area is 165 Å². The molecule has 1 aliphatic rings. The van der Waals surface area contributed by atoms with Crippen molar-refractivity contribution in [3.05, 3.63) is 63.9 Å². The predicted molar refractivity (Wildman–Crippen MR) is 108 cm³/mol. The minimum Gasteiger partial charge on any atom is -0.338 e. The van der Waals surface area contributed by atoms with E-state index in [1.807, 2.05) is 39.1 Å². The molecule has 0 atom stereocenters. The minimum absolute atomic E-state index is 0.0192. The number of hydrogen-bond acceptors (Lipinski definition) is 3. The number of rotatable bonds is 2. The van der Waals surface area contributed by atoms with E-state index in [4.69, 9.17) is 17.3 Å². The molecular formula is C21H27ClFN3O. The first-order valence-electron chi connectivity index (χ1n) is 9.08. The fourth-order valence-electron chi connectivity index (χ4n) is 2.76. The second-order valence-corrected chi connectivity index (χ2v) is 7.50. The van der Waals surface area contributed by atoms with E-state index < -0.39 is 5.67 Å². The number of aromatic nitrogens is 1. The Bertz CT molecular complexity index is 750. The summed E-state index contributed by atoms with van der Waals surface area (Å²) < 4.78 is 14.0. The van der Waals surface area contributed by atoms with Crippen LogP contribution in [-0.4, -0.2) is 41.1 Å². The lowest BCUT2D eigenvalue weighted by molar-refractivity contribution is 0.0469. The summed E-state index contributed by atoms with van der Waals surface area (Å²) in [7, 11) is 0. The topological polar surface area (TPSA) is 59.2 Å². The van der Waals surface area contributed by atoms with Gasteiger partial charge in [-0.25, -0.2) is 4.39 Å². The summed E-state index contributed by atoms with van der Waals surface area (Å²) in [5, 5.41) is 0.574. The third kappa shape index (κ3) is 6.01. The van der Waals surface area contributed by atoms with E-state index in [1.54, 1.807) is 17.0 Å². The van der Waals surface area contributed by atoms with E-state index in [-0.39, 0.29) is 12.5 Å². The highest BCUT2D eigenvalue weighted by molar-refractivity contribution is 6.31. The van der Waals surface area contributed by atoms with Crippen molar-refractivity contribution in [3.8, 4) is 0 Å². The highest BCUT2D eigenvalue weighted by Crippen LogP contribution is 2.26. The summed E-state index contributed by atoms with van der Waals surface area (Å²) in [6.45, 7) is 6.73. The smallest absolute Gasteiger partial charge is 0.253 e. The number of carbonyl (C=O) groups excluding carboxylic acids is 1. The van der Waals surface area contributed by atoms with Gasteiger partial charge < -0.3 is 10.6 Å². The van der Waals surface area contributed by atoms with Crippen molar-refractivity contribution in [2.45, 2.75) is 39.3 Å². The monoisotopic (exact) mass is 391 g/mol. The number of pyridine rings is 1. The number of amides is 1. The Kier molecular flexibility index (Phi) is 7.33. The Morgan fingerprint density at radius 1 is 1.22 bits per heavy atom. The van der Waals surface area contributed by atoms with Gasteiger partial charge in [0.05, 0.1) is 0 Å². The molecule has 1 aromatic heterocycles. The number of likely N-dealkylation sites (tertiary alicyclic amines) is 1. The van der Waals surface area contributed by atoms with E-state index in [2.05, 4.69) is 11.1 Å². The van der Waals surface area contributed by atoms with Gasteiger partial charge in [0.25, 0.3) is 5.91 Å². The Morgan fingerprint density at radius 3 is 2.37 bits per heavy atom. The molecule has 6 heteroatoms. The normalized spacial score (nSPS) is 15.7. The highest BCUT2D eigenvalue weighted by atomic mass is 35.5. The number of nitrogens with two attached hydrogens (primary N) is 1. The number of alkyl halides is 1. The van der Waals surface area contributed by atoms with Crippen LogP contribution in [0.4, 0.5) is 4.39 Å². The molecule has 2 heterocycles. The largest absolute Gasteiger partial charge is 0.338 e. The molecule has 2 aromatic rings. The fraction of sp³-hybridized carbons (Fsp3) is 0.429. The van der Waals surface area contributed by atoms with Gasteiger partial charge >= 0.3 is 0 Å². The van der Waals surface area contributed by atoms with Crippen molar-refractivity contribution < 1.29 is 9.18 Å².